The number of rotatable bonds is 3. The number of ether oxygens (including phenoxy) is 2. The van der Waals surface area contributed by atoms with Gasteiger partial charge in [-0.25, -0.2) is 4.98 Å². The van der Waals surface area contributed by atoms with E-state index in [0.29, 0.717) is 21.7 Å². The molecule has 19 heavy (non-hydrogen) atoms. The van der Waals surface area contributed by atoms with Crippen molar-refractivity contribution in [3.05, 3.63) is 40.5 Å². The molecule has 0 amide bonds. The molecule has 1 aromatic carbocycles. The van der Waals surface area contributed by atoms with E-state index in [1.165, 1.54) is 12.3 Å². The maximum Gasteiger partial charge on any atom is 0.237 e. The van der Waals surface area contributed by atoms with Gasteiger partial charge in [-0.2, -0.15) is 5.26 Å². The Morgan fingerprint density at radius 2 is 2.16 bits per heavy atom. The molecule has 0 unspecified atom stereocenters. The molecule has 1 aromatic heterocycles. The molecule has 2 rings (SSSR count). The summed E-state index contributed by atoms with van der Waals surface area (Å²) >= 11 is 3.37. The lowest BCUT2D eigenvalue weighted by molar-refractivity contribution is 0.411. The molecule has 0 aliphatic carbocycles. The molecule has 96 valence electrons. The first kappa shape index (κ1) is 13.2. The van der Waals surface area contributed by atoms with Crippen LogP contribution in [0.4, 0.5) is 5.69 Å². The summed E-state index contributed by atoms with van der Waals surface area (Å²) in [6.07, 6.45) is 1.44. The van der Waals surface area contributed by atoms with Gasteiger partial charge in [-0.15, -0.1) is 0 Å². The van der Waals surface area contributed by atoms with E-state index in [4.69, 9.17) is 20.5 Å². The van der Waals surface area contributed by atoms with Gasteiger partial charge >= 0.3 is 0 Å². The molecule has 2 aromatic rings. The van der Waals surface area contributed by atoms with Crippen molar-refractivity contribution in [3.63, 3.8) is 0 Å². The molecular weight excluding hydrogens is 310 g/mol. The number of hydrogen-bond acceptors (Lipinski definition) is 5. The molecule has 0 radical (unpaired) electrons. The van der Waals surface area contributed by atoms with Crippen LogP contribution in [0.3, 0.4) is 0 Å². The van der Waals surface area contributed by atoms with Crippen LogP contribution in [0.5, 0.6) is 17.4 Å². The van der Waals surface area contributed by atoms with Crippen LogP contribution >= 0.6 is 15.9 Å². The lowest BCUT2D eigenvalue weighted by Crippen LogP contribution is -1.95. The van der Waals surface area contributed by atoms with Crippen molar-refractivity contribution in [2.24, 2.45) is 0 Å². The second-order valence-electron chi connectivity index (χ2n) is 3.63. The minimum Gasteiger partial charge on any atom is -0.497 e. The number of hydrogen-bond donors (Lipinski definition) is 1. The van der Waals surface area contributed by atoms with E-state index >= 15 is 0 Å². The van der Waals surface area contributed by atoms with E-state index in [1.54, 1.807) is 25.3 Å². The molecule has 0 spiro atoms. The van der Waals surface area contributed by atoms with Gasteiger partial charge in [0.1, 0.15) is 23.1 Å². The Hall–Kier alpha value is -2.26. The summed E-state index contributed by atoms with van der Waals surface area (Å²) in [5.74, 6) is 1.45. The number of methoxy groups -OCH3 is 1. The second kappa shape index (κ2) is 5.59. The molecule has 0 bridgehead atoms. The van der Waals surface area contributed by atoms with Gasteiger partial charge in [0.2, 0.25) is 5.88 Å². The molecule has 2 N–H and O–H groups in total. The third kappa shape index (κ3) is 2.95. The largest absolute Gasteiger partial charge is 0.497 e. The smallest absolute Gasteiger partial charge is 0.237 e. The van der Waals surface area contributed by atoms with Crippen molar-refractivity contribution < 1.29 is 9.47 Å². The van der Waals surface area contributed by atoms with Crippen molar-refractivity contribution in [1.82, 2.24) is 4.98 Å². The summed E-state index contributed by atoms with van der Waals surface area (Å²) in [6.45, 7) is 0. The Balaban J connectivity index is 2.34. The normalized spacial score (nSPS) is 9.74. The molecule has 0 atom stereocenters. The average Bonchev–Trinajstić information content (AvgIpc) is 2.42. The van der Waals surface area contributed by atoms with Gasteiger partial charge in [0.15, 0.2) is 0 Å². The van der Waals surface area contributed by atoms with Crippen molar-refractivity contribution in [3.8, 4) is 23.4 Å². The van der Waals surface area contributed by atoms with Crippen molar-refractivity contribution in [2.45, 2.75) is 0 Å². The molecule has 6 heteroatoms. The van der Waals surface area contributed by atoms with Crippen LogP contribution in [0.25, 0.3) is 0 Å². The van der Waals surface area contributed by atoms with Crippen molar-refractivity contribution in [2.75, 3.05) is 12.8 Å². The standard InChI is InChI=1S/C13H10BrN3O2/c1-18-10-2-3-12(11(14)5-10)19-13-8(6-15)4-9(16)7-17-13/h2-5,7H,16H2,1H3. The van der Waals surface area contributed by atoms with Gasteiger partial charge in [-0.1, -0.05) is 0 Å². The topological polar surface area (TPSA) is 81.2 Å². The number of nitriles is 1. The molecule has 0 fully saturated rings. The summed E-state index contributed by atoms with van der Waals surface area (Å²) in [5.41, 5.74) is 6.26. The minimum atomic E-state index is 0.211. The quantitative estimate of drug-likeness (QED) is 0.940. The highest BCUT2D eigenvalue weighted by atomic mass is 79.9. The first-order chi connectivity index (χ1) is 9.13. The number of nitrogen functional groups attached to an aromatic ring is 1. The first-order valence-electron chi connectivity index (χ1n) is 5.31. The van der Waals surface area contributed by atoms with Crippen LogP contribution in [0.15, 0.2) is 34.9 Å². The maximum absolute atomic E-state index is 9.02. The second-order valence-corrected chi connectivity index (χ2v) is 4.49. The Kier molecular flexibility index (Phi) is 3.88. The predicted molar refractivity (Wildman–Crippen MR) is 74.1 cm³/mol. The zero-order chi connectivity index (χ0) is 13.8. The molecule has 0 aliphatic rings. The Bertz CT molecular complexity index is 653. The van der Waals surface area contributed by atoms with E-state index in [9.17, 15) is 0 Å². The summed E-state index contributed by atoms with van der Waals surface area (Å²) in [5, 5.41) is 9.02. The Morgan fingerprint density at radius 1 is 1.37 bits per heavy atom. The molecule has 0 aliphatic heterocycles. The summed E-state index contributed by atoms with van der Waals surface area (Å²) in [7, 11) is 1.58. The number of benzene rings is 1. The zero-order valence-corrected chi connectivity index (χ0v) is 11.6. The van der Waals surface area contributed by atoms with E-state index in [2.05, 4.69) is 20.9 Å². The van der Waals surface area contributed by atoms with E-state index in [-0.39, 0.29) is 11.4 Å². The number of anilines is 1. The van der Waals surface area contributed by atoms with Crippen LogP contribution in [-0.4, -0.2) is 12.1 Å². The molecule has 0 saturated carbocycles. The molecule has 1 heterocycles. The first-order valence-corrected chi connectivity index (χ1v) is 6.10. The molecule has 5 nitrogen and oxygen atoms in total. The Labute approximate surface area is 118 Å². The van der Waals surface area contributed by atoms with Gasteiger partial charge in [0.05, 0.1) is 23.5 Å². The number of nitrogens with zero attached hydrogens (tertiary/aromatic N) is 2. The lowest BCUT2D eigenvalue weighted by Gasteiger charge is -2.09. The summed E-state index contributed by atoms with van der Waals surface area (Å²) < 4.78 is 11.4. The van der Waals surface area contributed by atoms with Crippen LogP contribution < -0.4 is 15.2 Å². The highest BCUT2D eigenvalue weighted by Gasteiger charge is 2.10. The summed E-state index contributed by atoms with van der Waals surface area (Å²) in [4.78, 5) is 4.01. The SMILES string of the molecule is COc1ccc(Oc2ncc(N)cc2C#N)c(Br)c1. The van der Waals surface area contributed by atoms with E-state index in [0.717, 1.165) is 0 Å². The lowest BCUT2D eigenvalue weighted by atomic mass is 10.2. The minimum absolute atomic E-state index is 0.211. The highest BCUT2D eigenvalue weighted by Crippen LogP contribution is 2.33. The van der Waals surface area contributed by atoms with Crippen LogP contribution in [0.2, 0.25) is 0 Å². The van der Waals surface area contributed by atoms with Gasteiger partial charge in [0, 0.05) is 0 Å². The third-order valence-corrected chi connectivity index (χ3v) is 2.96. The monoisotopic (exact) mass is 319 g/mol. The number of nitrogens with two attached hydrogens (primary N) is 1. The van der Waals surface area contributed by atoms with Gasteiger partial charge in [-0.05, 0) is 40.2 Å². The van der Waals surface area contributed by atoms with Crippen LogP contribution in [-0.2, 0) is 0 Å². The average molecular weight is 320 g/mol. The van der Waals surface area contributed by atoms with Crippen molar-refractivity contribution >= 4 is 21.6 Å². The number of aromatic nitrogens is 1. The molecule has 0 saturated heterocycles. The Morgan fingerprint density at radius 3 is 2.79 bits per heavy atom. The molecular formula is C13H10BrN3O2. The zero-order valence-electron chi connectivity index (χ0n) is 10.1. The fraction of sp³-hybridized carbons (Fsp3) is 0.0769. The third-order valence-electron chi connectivity index (χ3n) is 2.34. The van der Waals surface area contributed by atoms with Crippen LogP contribution in [0.1, 0.15) is 5.56 Å². The van der Waals surface area contributed by atoms with E-state index in [1.807, 2.05) is 6.07 Å². The maximum atomic E-state index is 9.02. The highest BCUT2D eigenvalue weighted by molar-refractivity contribution is 9.10. The van der Waals surface area contributed by atoms with Crippen molar-refractivity contribution in [1.29, 1.82) is 5.26 Å². The van der Waals surface area contributed by atoms with Gasteiger partial charge in [0.25, 0.3) is 0 Å². The number of pyridine rings is 1. The summed E-state index contributed by atoms with van der Waals surface area (Å²) in [6, 6.07) is 8.75. The van der Waals surface area contributed by atoms with E-state index < -0.39 is 0 Å². The van der Waals surface area contributed by atoms with Gasteiger partial charge < -0.3 is 15.2 Å². The fourth-order valence-corrected chi connectivity index (χ4v) is 1.86. The predicted octanol–water partition coefficient (Wildman–Crippen LogP) is 3.10. The fourth-order valence-electron chi connectivity index (χ4n) is 1.43. The number of halogens is 1. The van der Waals surface area contributed by atoms with Crippen LogP contribution in [0, 0.1) is 11.3 Å². The van der Waals surface area contributed by atoms with Gasteiger partial charge in [-0.3, -0.25) is 0 Å².